The smallest absolute Gasteiger partial charge is 0.355 e. The molecule has 2 fully saturated rings. The van der Waals surface area contributed by atoms with E-state index < -0.39 is 12.0 Å². The molecule has 0 aromatic carbocycles. The Morgan fingerprint density at radius 3 is 2.77 bits per heavy atom. The summed E-state index contributed by atoms with van der Waals surface area (Å²) in [6.45, 7) is 3.63. The highest BCUT2D eigenvalue weighted by atomic mass is 19.4. The van der Waals surface area contributed by atoms with E-state index in [2.05, 4.69) is 20.6 Å². The van der Waals surface area contributed by atoms with Crippen molar-refractivity contribution >= 4 is 11.5 Å². The van der Waals surface area contributed by atoms with Crippen LogP contribution in [0, 0.1) is 11.8 Å². The lowest BCUT2D eigenvalue weighted by molar-refractivity contribution is -0.146. The molecular weight excluding hydrogens is 297 g/mol. The van der Waals surface area contributed by atoms with Gasteiger partial charge in [0.1, 0.15) is 5.82 Å². The summed E-state index contributed by atoms with van der Waals surface area (Å²) in [4.78, 5) is 2.05. The zero-order valence-corrected chi connectivity index (χ0v) is 11.7. The van der Waals surface area contributed by atoms with Crippen LogP contribution in [0.15, 0.2) is 12.1 Å². The molecule has 0 amide bonds. The monoisotopic (exact) mass is 312 g/mol. The maximum absolute atomic E-state index is 12.9. The van der Waals surface area contributed by atoms with Crippen molar-refractivity contribution in [3.05, 3.63) is 18.0 Å². The fourth-order valence-electron chi connectivity index (χ4n) is 3.37. The first-order chi connectivity index (χ1) is 10.5. The average Bonchev–Trinajstić information content (AvgIpc) is 3.11. The molecule has 6 nitrogen and oxygen atoms in total. The van der Waals surface area contributed by atoms with Gasteiger partial charge < -0.3 is 10.2 Å². The van der Waals surface area contributed by atoms with E-state index in [0.717, 1.165) is 37.1 Å². The minimum absolute atomic E-state index is 0.105. The molecule has 2 atom stereocenters. The quantitative estimate of drug-likeness (QED) is 0.857. The van der Waals surface area contributed by atoms with Gasteiger partial charge >= 0.3 is 6.18 Å². The first-order valence-electron chi connectivity index (χ1n) is 7.28. The van der Waals surface area contributed by atoms with Crippen molar-refractivity contribution in [2.75, 3.05) is 31.1 Å². The summed E-state index contributed by atoms with van der Waals surface area (Å²) in [6.07, 6.45) is -3.53. The second kappa shape index (κ2) is 4.80. The zero-order chi connectivity index (χ0) is 15.3. The number of hydrogen-bond donors (Lipinski definition) is 1. The molecule has 0 saturated carbocycles. The molecule has 0 bridgehead atoms. The summed E-state index contributed by atoms with van der Waals surface area (Å²) in [6, 6.07) is 3.25. The van der Waals surface area contributed by atoms with Gasteiger partial charge in [0.25, 0.3) is 5.82 Å². The van der Waals surface area contributed by atoms with Gasteiger partial charge in [-0.3, -0.25) is 0 Å². The molecule has 2 unspecified atom stereocenters. The van der Waals surface area contributed by atoms with Gasteiger partial charge in [-0.15, -0.1) is 15.3 Å². The Kier molecular flexibility index (Phi) is 3.00. The van der Waals surface area contributed by atoms with E-state index in [1.54, 1.807) is 6.07 Å². The number of nitrogens with one attached hydrogen (secondary N) is 1. The molecule has 9 heteroatoms. The molecule has 0 radical (unpaired) electrons. The number of aromatic nitrogens is 4. The van der Waals surface area contributed by atoms with Crippen LogP contribution in [-0.2, 0) is 6.18 Å². The van der Waals surface area contributed by atoms with Crippen LogP contribution < -0.4 is 10.2 Å². The van der Waals surface area contributed by atoms with Crippen LogP contribution in [0.2, 0.25) is 0 Å². The van der Waals surface area contributed by atoms with Crippen molar-refractivity contribution < 1.29 is 13.2 Å². The van der Waals surface area contributed by atoms with Gasteiger partial charge in [-0.25, -0.2) is 0 Å². The second-order valence-electron chi connectivity index (χ2n) is 5.90. The largest absolute Gasteiger partial charge is 0.453 e. The lowest BCUT2D eigenvalue weighted by atomic mass is 9.89. The van der Waals surface area contributed by atoms with Gasteiger partial charge in [-0.2, -0.15) is 17.7 Å². The van der Waals surface area contributed by atoms with Gasteiger partial charge in [0.05, 0.1) is 0 Å². The molecular formula is C13H15F3N6. The molecule has 1 N–H and O–H groups in total. The summed E-state index contributed by atoms with van der Waals surface area (Å²) in [5, 5.41) is 14.2. The molecule has 2 aromatic rings. The molecule has 2 aromatic heterocycles. The standard InChI is InChI=1S/C13H15F3N6/c14-13(15,16)12-19-18-10-1-2-11(20-22(10)12)21-4-3-8-5-17-6-9(8)7-21/h1-2,8-9,17H,3-7H2. The minimum Gasteiger partial charge on any atom is -0.355 e. The number of alkyl halides is 3. The third-order valence-electron chi connectivity index (χ3n) is 4.53. The van der Waals surface area contributed by atoms with Gasteiger partial charge in [0, 0.05) is 13.1 Å². The first-order valence-corrected chi connectivity index (χ1v) is 7.28. The van der Waals surface area contributed by atoms with Crippen LogP contribution >= 0.6 is 0 Å². The van der Waals surface area contributed by atoms with Crippen molar-refractivity contribution in [2.24, 2.45) is 11.8 Å². The fourth-order valence-corrected chi connectivity index (χ4v) is 3.37. The van der Waals surface area contributed by atoms with Gasteiger partial charge in [-0.05, 0) is 43.5 Å². The lowest BCUT2D eigenvalue weighted by Gasteiger charge is -2.35. The predicted octanol–water partition coefficient (Wildman–Crippen LogP) is 1.19. The van der Waals surface area contributed by atoms with Gasteiger partial charge in [0.2, 0.25) is 0 Å². The van der Waals surface area contributed by atoms with E-state index in [0.29, 0.717) is 17.7 Å². The fraction of sp³-hybridized carbons (Fsp3) is 0.615. The molecule has 4 heterocycles. The Labute approximate surface area is 124 Å². The van der Waals surface area contributed by atoms with E-state index in [4.69, 9.17) is 0 Å². The molecule has 0 spiro atoms. The summed E-state index contributed by atoms with van der Waals surface area (Å²) in [7, 11) is 0. The summed E-state index contributed by atoms with van der Waals surface area (Å²) < 4.78 is 39.5. The molecule has 2 aliphatic heterocycles. The highest BCUT2D eigenvalue weighted by Crippen LogP contribution is 2.30. The third kappa shape index (κ3) is 2.20. The van der Waals surface area contributed by atoms with Crippen LogP contribution in [0.5, 0.6) is 0 Å². The Bertz CT molecular complexity index is 697. The Morgan fingerprint density at radius 2 is 1.95 bits per heavy atom. The maximum atomic E-state index is 12.9. The van der Waals surface area contributed by atoms with Crippen molar-refractivity contribution in [1.29, 1.82) is 0 Å². The van der Waals surface area contributed by atoms with Crippen LogP contribution in [0.25, 0.3) is 5.65 Å². The van der Waals surface area contributed by atoms with Crippen LogP contribution in [-0.4, -0.2) is 46.0 Å². The van der Waals surface area contributed by atoms with Crippen molar-refractivity contribution in [1.82, 2.24) is 25.1 Å². The molecule has 2 saturated heterocycles. The number of anilines is 1. The zero-order valence-electron chi connectivity index (χ0n) is 11.7. The Balaban J connectivity index is 1.67. The second-order valence-corrected chi connectivity index (χ2v) is 5.90. The third-order valence-corrected chi connectivity index (χ3v) is 4.53. The first kappa shape index (κ1) is 13.7. The normalized spacial score (nSPS) is 25.7. The minimum atomic E-state index is -4.56. The number of hydrogen-bond acceptors (Lipinski definition) is 5. The molecule has 0 aliphatic carbocycles. The average molecular weight is 312 g/mol. The van der Waals surface area contributed by atoms with Crippen LogP contribution in [0.4, 0.5) is 19.0 Å². The number of fused-ring (bicyclic) bond motifs is 2. The highest BCUT2D eigenvalue weighted by molar-refractivity contribution is 5.46. The van der Waals surface area contributed by atoms with Crippen molar-refractivity contribution in [2.45, 2.75) is 12.6 Å². The topological polar surface area (TPSA) is 58.4 Å². The highest BCUT2D eigenvalue weighted by Gasteiger charge is 2.38. The van der Waals surface area contributed by atoms with Crippen molar-refractivity contribution in [3.8, 4) is 0 Å². The Morgan fingerprint density at radius 1 is 1.14 bits per heavy atom. The van der Waals surface area contributed by atoms with Gasteiger partial charge in [-0.1, -0.05) is 0 Å². The summed E-state index contributed by atoms with van der Waals surface area (Å²) in [5.74, 6) is 0.666. The van der Waals surface area contributed by atoms with Crippen LogP contribution in [0.1, 0.15) is 12.2 Å². The predicted molar refractivity (Wildman–Crippen MR) is 72.5 cm³/mol. The van der Waals surface area contributed by atoms with Crippen molar-refractivity contribution in [3.63, 3.8) is 0 Å². The number of nitrogens with zero attached hydrogens (tertiary/aromatic N) is 5. The SMILES string of the molecule is FC(F)(F)c1nnc2ccc(N3CCC4CNCC4C3)nn12. The molecule has 118 valence electrons. The molecule has 22 heavy (non-hydrogen) atoms. The van der Waals surface area contributed by atoms with E-state index in [1.165, 1.54) is 6.07 Å². The number of halogens is 3. The molecule has 4 rings (SSSR count). The van der Waals surface area contributed by atoms with Crippen LogP contribution in [0.3, 0.4) is 0 Å². The van der Waals surface area contributed by atoms with E-state index in [9.17, 15) is 13.2 Å². The lowest BCUT2D eigenvalue weighted by Crippen LogP contribution is -2.40. The van der Waals surface area contributed by atoms with Gasteiger partial charge in [0.15, 0.2) is 5.65 Å². The van der Waals surface area contributed by atoms with E-state index in [-0.39, 0.29) is 5.65 Å². The summed E-state index contributed by atoms with van der Waals surface area (Å²) >= 11 is 0. The van der Waals surface area contributed by atoms with E-state index in [1.807, 2.05) is 4.90 Å². The molecule has 2 aliphatic rings. The van der Waals surface area contributed by atoms with E-state index >= 15 is 0 Å². The Hall–Kier alpha value is -1.90. The summed E-state index contributed by atoms with van der Waals surface area (Å²) in [5.41, 5.74) is 0.105. The number of rotatable bonds is 1. The number of piperidine rings is 1. The maximum Gasteiger partial charge on any atom is 0.453 e.